The Kier molecular flexibility index (Phi) is 5.58. The van der Waals surface area contributed by atoms with Crippen molar-refractivity contribution in [1.82, 2.24) is 4.90 Å². The molecule has 0 unspecified atom stereocenters. The van der Waals surface area contributed by atoms with Gasteiger partial charge >= 0.3 is 5.97 Å². The van der Waals surface area contributed by atoms with Crippen molar-refractivity contribution < 1.29 is 14.3 Å². The van der Waals surface area contributed by atoms with Gasteiger partial charge in [0.1, 0.15) is 0 Å². The van der Waals surface area contributed by atoms with E-state index in [-0.39, 0.29) is 18.6 Å². The molecule has 0 aliphatic rings. The van der Waals surface area contributed by atoms with E-state index in [1.807, 2.05) is 32.8 Å². The van der Waals surface area contributed by atoms with Gasteiger partial charge in [0.15, 0.2) is 6.61 Å². The molecule has 6 nitrogen and oxygen atoms in total. The van der Waals surface area contributed by atoms with E-state index in [2.05, 4.69) is 0 Å². The highest BCUT2D eigenvalue weighted by molar-refractivity contribution is 5.93. The van der Waals surface area contributed by atoms with E-state index in [9.17, 15) is 9.59 Å². The molecule has 116 valence electrons. The number of anilines is 2. The summed E-state index contributed by atoms with van der Waals surface area (Å²) in [6, 6.07) is 4.98. The summed E-state index contributed by atoms with van der Waals surface area (Å²) < 4.78 is 5.02. The Labute approximate surface area is 125 Å². The zero-order valence-electron chi connectivity index (χ0n) is 13.2. The lowest BCUT2D eigenvalue weighted by atomic mass is 10.1. The maximum Gasteiger partial charge on any atom is 0.338 e. The first-order valence-electron chi connectivity index (χ1n) is 6.73. The van der Waals surface area contributed by atoms with E-state index >= 15 is 0 Å². The predicted octanol–water partition coefficient (Wildman–Crippen LogP) is 1.36. The number of carbonyl (C=O) groups excluding carboxylic acids is 2. The Hall–Kier alpha value is -2.24. The lowest BCUT2D eigenvalue weighted by Crippen LogP contribution is -2.36. The number of esters is 1. The number of rotatable bonds is 5. The van der Waals surface area contributed by atoms with Crippen LogP contribution >= 0.6 is 0 Å². The normalized spacial score (nSPS) is 10.4. The third-order valence-electron chi connectivity index (χ3n) is 3.24. The first-order valence-corrected chi connectivity index (χ1v) is 6.73. The third-order valence-corrected chi connectivity index (χ3v) is 3.24. The second-order valence-corrected chi connectivity index (χ2v) is 5.34. The number of nitrogen functional groups attached to an aromatic ring is 1. The summed E-state index contributed by atoms with van der Waals surface area (Å²) in [5.41, 5.74) is 7.52. The quantitative estimate of drug-likeness (QED) is 0.655. The second-order valence-electron chi connectivity index (χ2n) is 5.34. The molecule has 2 N–H and O–H groups in total. The predicted molar refractivity (Wildman–Crippen MR) is 83.4 cm³/mol. The maximum absolute atomic E-state index is 11.9. The minimum absolute atomic E-state index is 0.0613. The molecule has 21 heavy (non-hydrogen) atoms. The van der Waals surface area contributed by atoms with Crippen molar-refractivity contribution in [3.05, 3.63) is 23.8 Å². The zero-order chi connectivity index (χ0) is 16.2. The van der Waals surface area contributed by atoms with E-state index in [0.717, 1.165) is 5.69 Å². The van der Waals surface area contributed by atoms with Gasteiger partial charge in [0.25, 0.3) is 5.91 Å². The highest BCUT2D eigenvalue weighted by atomic mass is 16.5. The topological polar surface area (TPSA) is 75.9 Å². The van der Waals surface area contributed by atoms with E-state index in [0.29, 0.717) is 11.3 Å². The number of carbonyl (C=O) groups is 2. The minimum Gasteiger partial charge on any atom is -0.452 e. The van der Waals surface area contributed by atoms with Crippen LogP contribution in [0.5, 0.6) is 0 Å². The molecule has 0 atom stereocenters. The van der Waals surface area contributed by atoms with Crippen LogP contribution in [-0.2, 0) is 9.53 Å². The SMILES string of the molecule is CC(C)N(C)C(=O)COC(=O)c1ccc(N(C)C)c(N)c1. The number of hydrogen-bond acceptors (Lipinski definition) is 5. The molecular weight excluding hydrogens is 270 g/mol. The van der Waals surface area contributed by atoms with Crippen LogP contribution in [0.15, 0.2) is 18.2 Å². The molecule has 0 spiro atoms. The van der Waals surface area contributed by atoms with Gasteiger partial charge in [-0.05, 0) is 32.0 Å². The van der Waals surface area contributed by atoms with Crippen molar-refractivity contribution in [2.75, 3.05) is 38.4 Å². The maximum atomic E-state index is 11.9. The van der Waals surface area contributed by atoms with Gasteiger partial charge in [-0.2, -0.15) is 0 Å². The molecule has 0 aliphatic carbocycles. The average Bonchev–Trinajstić information content (AvgIpc) is 2.42. The van der Waals surface area contributed by atoms with Crippen LogP contribution in [0.2, 0.25) is 0 Å². The van der Waals surface area contributed by atoms with Gasteiger partial charge in [-0.3, -0.25) is 4.79 Å². The molecule has 0 aromatic heterocycles. The fraction of sp³-hybridized carbons (Fsp3) is 0.467. The molecule has 0 heterocycles. The summed E-state index contributed by atoms with van der Waals surface area (Å²) >= 11 is 0. The Morgan fingerprint density at radius 1 is 1.24 bits per heavy atom. The molecule has 0 radical (unpaired) electrons. The van der Waals surface area contributed by atoms with Crippen molar-refractivity contribution in [2.45, 2.75) is 19.9 Å². The zero-order valence-corrected chi connectivity index (χ0v) is 13.2. The lowest BCUT2D eigenvalue weighted by molar-refractivity contribution is -0.134. The van der Waals surface area contributed by atoms with Crippen LogP contribution in [0.3, 0.4) is 0 Å². The molecule has 1 aromatic carbocycles. The van der Waals surface area contributed by atoms with Crippen LogP contribution < -0.4 is 10.6 Å². The number of ether oxygens (including phenoxy) is 1. The number of likely N-dealkylation sites (N-methyl/N-ethyl adjacent to an activating group) is 1. The summed E-state index contributed by atoms with van der Waals surface area (Å²) in [7, 11) is 5.40. The van der Waals surface area contributed by atoms with Crippen molar-refractivity contribution >= 4 is 23.3 Å². The molecule has 0 aliphatic heterocycles. The first kappa shape index (κ1) is 16.8. The summed E-state index contributed by atoms with van der Waals surface area (Å²) in [6.07, 6.45) is 0. The molecule has 0 saturated carbocycles. The fourth-order valence-corrected chi connectivity index (χ4v) is 1.69. The average molecular weight is 293 g/mol. The monoisotopic (exact) mass is 293 g/mol. The minimum atomic E-state index is -0.558. The number of nitrogens with two attached hydrogens (primary N) is 1. The van der Waals surface area contributed by atoms with Crippen molar-refractivity contribution in [1.29, 1.82) is 0 Å². The smallest absolute Gasteiger partial charge is 0.338 e. The molecule has 0 saturated heterocycles. The number of hydrogen-bond donors (Lipinski definition) is 1. The summed E-state index contributed by atoms with van der Waals surface area (Å²) in [4.78, 5) is 27.0. The van der Waals surface area contributed by atoms with Gasteiger partial charge in [-0.25, -0.2) is 4.79 Å². The van der Waals surface area contributed by atoms with Crippen LogP contribution in [0.25, 0.3) is 0 Å². The molecular formula is C15H23N3O3. The van der Waals surface area contributed by atoms with Crippen LogP contribution in [0.4, 0.5) is 11.4 Å². The highest BCUT2D eigenvalue weighted by Crippen LogP contribution is 2.22. The van der Waals surface area contributed by atoms with Gasteiger partial charge in [-0.15, -0.1) is 0 Å². The van der Waals surface area contributed by atoms with Crippen LogP contribution in [0, 0.1) is 0 Å². The van der Waals surface area contributed by atoms with Crippen molar-refractivity contribution in [3.8, 4) is 0 Å². The Balaban J connectivity index is 2.69. The third kappa shape index (κ3) is 4.37. The Bertz CT molecular complexity index is 527. The van der Waals surface area contributed by atoms with E-state index in [4.69, 9.17) is 10.5 Å². The number of amides is 1. The molecule has 0 fully saturated rings. The molecule has 6 heteroatoms. The van der Waals surface area contributed by atoms with Crippen molar-refractivity contribution in [3.63, 3.8) is 0 Å². The second kappa shape index (κ2) is 6.97. The van der Waals surface area contributed by atoms with Crippen LogP contribution in [-0.4, -0.2) is 50.6 Å². The summed E-state index contributed by atoms with van der Waals surface area (Å²) in [6.45, 7) is 3.50. The number of benzene rings is 1. The lowest BCUT2D eigenvalue weighted by Gasteiger charge is -2.21. The highest BCUT2D eigenvalue weighted by Gasteiger charge is 2.16. The molecule has 1 amide bonds. The van der Waals surface area contributed by atoms with Gasteiger partial charge in [0, 0.05) is 27.2 Å². The Morgan fingerprint density at radius 3 is 2.33 bits per heavy atom. The van der Waals surface area contributed by atoms with E-state index < -0.39 is 5.97 Å². The Morgan fingerprint density at radius 2 is 1.86 bits per heavy atom. The fourth-order valence-electron chi connectivity index (χ4n) is 1.69. The van der Waals surface area contributed by atoms with Crippen molar-refractivity contribution in [2.24, 2.45) is 0 Å². The van der Waals surface area contributed by atoms with Crippen LogP contribution in [0.1, 0.15) is 24.2 Å². The molecule has 1 rings (SSSR count). The van der Waals surface area contributed by atoms with Gasteiger partial charge in [0.2, 0.25) is 0 Å². The van der Waals surface area contributed by atoms with Gasteiger partial charge in [0.05, 0.1) is 16.9 Å². The molecule has 1 aromatic rings. The number of nitrogens with zero attached hydrogens (tertiary/aromatic N) is 2. The standard InChI is InChI=1S/C15H23N3O3/c1-10(2)18(5)14(19)9-21-15(20)11-6-7-13(17(3)4)12(16)8-11/h6-8,10H,9,16H2,1-5H3. The van der Waals surface area contributed by atoms with E-state index in [1.54, 1.807) is 25.2 Å². The van der Waals surface area contributed by atoms with Gasteiger partial charge in [-0.1, -0.05) is 0 Å². The van der Waals surface area contributed by atoms with Gasteiger partial charge < -0.3 is 20.3 Å². The first-order chi connectivity index (χ1) is 9.73. The largest absolute Gasteiger partial charge is 0.452 e. The summed E-state index contributed by atoms with van der Waals surface area (Å²) in [5.74, 6) is -0.797. The van der Waals surface area contributed by atoms with E-state index in [1.165, 1.54) is 4.90 Å². The molecule has 0 bridgehead atoms. The summed E-state index contributed by atoms with van der Waals surface area (Å²) in [5, 5.41) is 0.